The highest BCUT2D eigenvalue weighted by Gasteiger charge is 2.29. The molecule has 1 aliphatic heterocycles. The fraction of sp³-hybridized carbons (Fsp3) is 0.167. The number of nitrogens with one attached hydrogen (secondary N) is 1. The van der Waals surface area contributed by atoms with Crippen molar-refractivity contribution < 1.29 is 12.9 Å². The average molecular weight is 277 g/mol. The maximum Gasteiger partial charge on any atom is 0.263 e. The normalized spacial score (nSPS) is 18.3. The number of rotatable bonds is 2. The first-order chi connectivity index (χ1) is 9.06. The van der Waals surface area contributed by atoms with Crippen LogP contribution >= 0.6 is 0 Å². The van der Waals surface area contributed by atoms with Crippen LogP contribution in [0.3, 0.4) is 0 Å². The molecule has 6 nitrogen and oxygen atoms in total. The van der Waals surface area contributed by atoms with Crippen molar-refractivity contribution in [3.63, 3.8) is 0 Å². The second kappa shape index (κ2) is 4.20. The lowest BCUT2D eigenvalue weighted by atomic mass is 10.2. The zero-order valence-electron chi connectivity index (χ0n) is 10.1. The number of aryl methyl sites for hydroxylation is 1. The van der Waals surface area contributed by atoms with Crippen molar-refractivity contribution in [2.75, 3.05) is 0 Å². The van der Waals surface area contributed by atoms with Gasteiger partial charge < -0.3 is 4.52 Å². The quantitative estimate of drug-likeness (QED) is 0.894. The van der Waals surface area contributed by atoms with Gasteiger partial charge in [0, 0.05) is 11.6 Å². The lowest BCUT2D eigenvalue weighted by Crippen LogP contribution is -2.22. The molecule has 0 saturated heterocycles. The number of amidine groups is 1. The fourth-order valence-electron chi connectivity index (χ4n) is 1.90. The number of hydrogen-bond donors (Lipinski definition) is 1. The van der Waals surface area contributed by atoms with Crippen LogP contribution in [0.2, 0.25) is 0 Å². The van der Waals surface area contributed by atoms with Crippen LogP contribution in [0.1, 0.15) is 17.0 Å². The first-order valence-electron chi connectivity index (χ1n) is 5.65. The lowest BCUT2D eigenvalue weighted by Gasteiger charge is -1.96. The second-order valence-corrected chi connectivity index (χ2v) is 5.85. The molecule has 7 heteroatoms. The van der Waals surface area contributed by atoms with Crippen LogP contribution < -0.4 is 4.72 Å². The third-order valence-electron chi connectivity index (χ3n) is 2.74. The van der Waals surface area contributed by atoms with Crippen LogP contribution in [0.15, 0.2) is 44.7 Å². The van der Waals surface area contributed by atoms with Crippen molar-refractivity contribution in [3.8, 4) is 0 Å². The molecule has 0 spiro atoms. The molecule has 2 heterocycles. The highest BCUT2D eigenvalue weighted by Crippen LogP contribution is 2.22. The number of nitrogens with zero attached hydrogens (tertiary/aromatic N) is 2. The molecule has 98 valence electrons. The molecule has 1 aliphatic rings. The molecule has 0 fully saturated rings. The van der Waals surface area contributed by atoms with Gasteiger partial charge in [-0.1, -0.05) is 17.3 Å². The van der Waals surface area contributed by atoms with E-state index < -0.39 is 10.0 Å². The lowest BCUT2D eigenvalue weighted by molar-refractivity contribution is 0.391. The maximum absolute atomic E-state index is 11.9. The molecule has 19 heavy (non-hydrogen) atoms. The van der Waals surface area contributed by atoms with Crippen molar-refractivity contribution in [2.24, 2.45) is 4.99 Å². The molecule has 2 aromatic rings. The summed E-state index contributed by atoms with van der Waals surface area (Å²) in [5.41, 5.74) is 1.25. The van der Waals surface area contributed by atoms with E-state index in [0.29, 0.717) is 22.9 Å². The van der Waals surface area contributed by atoms with Gasteiger partial charge in [0.2, 0.25) is 0 Å². The molecule has 0 radical (unpaired) electrons. The zero-order valence-corrected chi connectivity index (χ0v) is 10.9. The van der Waals surface area contributed by atoms with Gasteiger partial charge in [-0.05, 0) is 19.1 Å². The zero-order chi connectivity index (χ0) is 13.5. The van der Waals surface area contributed by atoms with E-state index in [2.05, 4.69) is 14.9 Å². The Morgan fingerprint density at radius 2 is 2.16 bits per heavy atom. The summed E-state index contributed by atoms with van der Waals surface area (Å²) in [5.74, 6) is 1.04. The Hall–Kier alpha value is -2.15. The van der Waals surface area contributed by atoms with Gasteiger partial charge in [0.15, 0.2) is 0 Å². The number of aromatic nitrogens is 1. The first kappa shape index (κ1) is 11.9. The second-order valence-electron chi connectivity index (χ2n) is 4.20. The van der Waals surface area contributed by atoms with E-state index in [1.54, 1.807) is 37.3 Å². The Bertz CT molecular complexity index is 762. The smallest absolute Gasteiger partial charge is 0.263 e. The number of benzene rings is 1. The van der Waals surface area contributed by atoms with Gasteiger partial charge in [-0.25, -0.2) is 8.42 Å². The molecule has 1 N–H and O–H groups in total. The minimum atomic E-state index is -3.48. The molecule has 0 atom stereocenters. The van der Waals surface area contributed by atoms with E-state index in [1.807, 2.05) is 0 Å². The molecule has 1 aromatic heterocycles. The van der Waals surface area contributed by atoms with E-state index >= 15 is 0 Å². The summed E-state index contributed by atoms with van der Waals surface area (Å²) < 4.78 is 31.1. The molecule has 3 rings (SSSR count). The van der Waals surface area contributed by atoms with Gasteiger partial charge >= 0.3 is 0 Å². The van der Waals surface area contributed by atoms with E-state index in [-0.39, 0.29) is 11.4 Å². The Kier molecular flexibility index (Phi) is 2.63. The Morgan fingerprint density at radius 3 is 2.89 bits per heavy atom. The predicted molar refractivity (Wildman–Crippen MR) is 68.2 cm³/mol. The van der Waals surface area contributed by atoms with Crippen molar-refractivity contribution in [1.29, 1.82) is 0 Å². The standard InChI is InChI=1S/C12H11N3O3S/c1-8-6-9(14-18-8)7-13-12-10-4-2-3-5-11(10)19(16,17)15-12/h2-6H,7H2,1H3,(H,13,15). The summed E-state index contributed by atoms with van der Waals surface area (Å²) in [6.07, 6.45) is 0. The molecule has 0 saturated carbocycles. The Morgan fingerprint density at radius 1 is 1.37 bits per heavy atom. The number of fused-ring (bicyclic) bond motifs is 1. The van der Waals surface area contributed by atoms with Crippen LogP contribution in [0.4, 0.5) is 0 Å². The largest absolute Gasteiger partial charge is 0.361 e. The molecule has 0 bridgehead atoms. The van der Waals surface area contributed by atoms with Crippen molar-refractivity contribution in [2.45, 2.75) is 18.4 Å². The topological polar surface area (TPSA) is 84.6 Å². The molecule has 0 unspecified atom stereocenters. The summed E-state index contributed by atoms with van der Waals surface area (Å²) in [6.45, 7) is 2.06. The van der Waals surface area contributed by atoms with E-state index in [4.69, 9.17) is 4.52 Å². The third kappa shape index (κ3) is 2.12. The summed E-state index contributed by atoms with van der Waals surface area (Å²) in [4.78, 5) is 4.50. The average Bonchev–Trinajstić information content (AvgIpc) is 2.90. The predicted octanol–water partition coefficient (Wildman–Crippen LogP) is 1.22. The monoisotopic (exact) mass is 277 g/mol. The van der Waals surface area contributed by atoms with Crippen LogP contribution in [0.5, 0.6) is 0 Å². The number of hydrogen-bond acceptors (Lipinski definition) is 5. The third-order valence-corrected chi connectivity index (χ3v) is 4.14. The van der Waals surface area contributed by atoms with Crippen LogP contribution in [-0.4, -0.2) is 19.4 Å². The van der Waals surface area contributed by atoms with Crippen LogP contribution in [0, 0.1) is 6.92 Å². The SMILES string of the molecule is Cc1cc(CN=C2NS(=O)(=O)c3ccccc32)no1. The Labute approximate surface area is 110 Å². The molecule has 0 amide bonds. The highest BCUT2D eigenvalue weighted by atomic mass is 32.2. The fourth-order valence-corrected chi connectivity index (χ4v) is 3.15. The van der Waals surface area contributed by atoms with Crippen molar-refractivity contribution in [3.05, 3.63) is 47.3 Å². The minimum Gasteiger partial charge on any atom is -0.361 e. The van der Waals surface area contributed by atoms with Gasteiger partial charge in [-0.3, -0.25) is 9.71 Å². The molecular weight excluding hydrogens is 266 g/mol. The van der Waals surface area contributed by atoms with Crippen LogP contribution in [0.25, 0.3) is 0 Å². The highest BCUT2D eigenvalue weighted by molar-refractivity contribution is 7.90. The van der Waals surface area contributed by atoms with E-state index in [0.717, 1.165) is 0 Å². The van der Waals surface area contributed by atoms with Gasteiger partial charge in [0.1, 0.15) is 17.3 Å². The molecular formula is C12H11N3O3S. The van der Waals surface area contributed by atoms with E-state index in [9.17, 15) is 8.42 Å². The Balaban J connectivity index is 1.95. The maximum atomic E-state index is 11.9. The molecule has 0 aliphatic carbocycles. The number of aliphatic imine (C=N–C) groups is 1. The van der Waals surface area contributed by atoms with Gasteiger partial charge in [-0.2, -0.15) is 0 Å². The van der Waals surface area contributed by atoms with Gasteiger partial charge in [0.25, 0.3) is 10.0 Å². The minimum absolute atomic E-state index is 0.255. The first-order valence-corrected chi connectivity index (χ1v) is 7.13. The van der Waals surface area contributed by atoms with Crippen LogP contribution in [-0.2, 0) is 16.6 Å². The number of sulfonamides is 1. The summed E-state index contributed by atoms with van der Waals surface area (Å²) in [5, 5.41) is 3.81. The molecule has 1 aromatic carbocycles. The summed E-state index contributed by atoms with van der Waals surface area (Å²) in [7, 11) is -3.48. The van der Waals surface area contributed by atoms with Gasteiger partial charge in [-0.15, -0.1) is 0 Å². The van der Waals surface area contributed by atoms with Crippen molar-refractivity contribution in [1.82, 2.24) is 9.88 Å². The van der Waals surface area contributed by atoms with E-state index in [1.165, 1.54) is 0 Å². The van der Waals surface area contributed by atoms with Crippen molar-refractivity contribution >= 4 is 15.9 Å². The summed E-state index contributed by atoms with van der Waals surface area (Å²) >= 11 is 0. The van der Waals surface area contributed by atoms with Gasteiger partial charge in [0.05, 0.1) is 11.4 Å². The summed E-state index contributed by atoms with van der Waals surface area (Å²) in [6, 6.07) is 8.50.